The van der Waals surface area contributed by atoms with Crippen LogP contribution in [0, 0.1) is 11.8 Å². The van der Waals surface area contributed by atoms with Gasteiger partial charge in [0.2, 0.25) is 0 Å². The highest BCUT2D eigenvalue weighted by Crippen LogP contribution is 2.49. The highest BCUT2D eigenvalue weighted by molar-refractivity contribution is 5.46. The maximum absolute atomic E-state index is 5.73. The standard InChI is InChI=1S/C13H18N2O/c1-8-7-11(8)12(15-14)10-4-2-3-9-5-6-16-13(9)10/h2-4,8,11-12,15H,5-7,14H2,1H3. The average Bonchev–Trinajstić information content (AvgIpc) is 2.82. The van der Waals surface area contributed by atoms with E-state index in [4.69, 9.17) is 10.6 Å². The number of rotatable bonds is 3. The number of hydrogen-bond acceptors (Lipinski definition) is 3. The molecule has 0 saturated heterocycles. The minimum atomic E-state index is 0.253. The van der Waals surface area contributed by atoms with E-state index in [2.05, 4.69) is 30.5 Å². The van der Waals surface area contributed by atoms with Gasteiger partial charge < -0.3 is 4.74 Å². The Balaban J connectivity index is 1.96. The van der Waals surface area contributed by atoms with Gasteiger partial charge in [-0.05, 0) is 23.8 Å². The van der Waals surface area contributed by atoms with Crippen LogP contribution >= 0.6 is 0 Å². The van der Waals surface area contributed by atoms with Gasteiger partial charge >= 0.3 is 0 Å². The average molecular weight is 218 g/mol. The highest BCUT2D eigenvalue weighted by atomic mass is 16.5. The Morgan fingerprint density at radius 2 is 2.31 bits per heavy atom. The van der Waals surface area contributed by atoms with Gasteiger partial charge in [0.15, 0.2) is 0 Å². The quantitative estimate of drug-likeness (QED) is 0.600. The second-order valence-electron chi connectivity index (χ2n) is 4.96. The number of hydrazine groups is 1. The van der Waals surface area contributed by atoms with Crippen LogP contribution in [0.5, 0.6) is 5.75 Å². The molecule has 86 valence electrons. The normalized spacial score (nSPS) is 28.4. The summed E-state index contributed by atoms with van der Waals surface area (Å²) in [5, 5.41) is 0. The monoisotopic (exact) mass is 218 g/mol. The SMILES string of the molecule is CC1CC1C(NN)c1cccc2c1OCC2. The molecular formula is C13H18N2O. The van der Waals surface area contributed by atoms with E-state index in [0.29, 0.717) is 5.92 Å². The van der Waals surface area contributed by atoms with Crippen molar-refractivity contribution in [1.82, 2.24) is 5.43 Å². The molecule has 1 saturated carbocycles. The number of nitrogens with two attached hydrogens (primary N) is 1. The first-order valence-corrected chi connectivity index (χ1v) is 6.02. The van der Waals surface area contributed by atoms with Gasteiger partial charge in [-0.2, -0.15) is 0 Å². The molecule has 1 aliphatic carbocycles. The number of benzene rings is 1. The molecule has 0 bridgehead atoms. The van der Waals surface area contributed by atoms with E-state index in [1.165, 1.54) is 17.5 Å². The molecule has 0 radical (unpaired) electrons. The fourth-order valence-electron chi connectivity index (χ4n) is 2.74. The smallest absolute Gasteiger partial charge is 0.127 e. The third-order valence-corrected chi connectivity index (χ3v) is 3.86. The lowest BCUT2D eigenvalue weighted by Crippen LogP contribution is -2.30. The van der Waals surface area contributed by atoms with E-state index in [9.17, 15) is 0 Å². The van der Waals surface area contributed by atoms with Crippen molar-refractivity contribution in [1.29, 1.82) is 0 Å². The largest absolute Gasteiger partial charge is 0.493 e. The van der Waals surface area contributed by atoms with Crippen LogP contribution in [-0.2, 0) is 6.42 Å². The molecule has 0 aromatic heterocycles. The lowest BCUT2D eigenvalue weighted by atomic mass is 9.98. The summed E-state index contributed by atoms with van der Waals surface area (Å²) in [6, 6.07) is 6.65. The molecule has 3 atom stereocenters. The van der Waals surface area contributed by atoms with E-state index < -0.39 is 0 Å². The van der Waals surface area contributed by atoms with Gasteiger partial charge in [-0.15, -0.1) is 0 Å². The first-order valence-electron chi connectivity index (χ1n) is 6.02. The Morgan fingerprint density at radius 3 is 3.00 bits per heavy atom. The zero-order chi connectivity index (χ0) is 11.1. The predicted octanol–water partition coefficient (Wildman–Crippen LogP) is 1.78. The summed E-state index contributed by atoms with van der Waals surface area (Å²) < 4.78 is 5.73. The summed E-state index contributed by atoms with van der Waals surface area (Å²) in [7, 11) is 0. The van der Waals surface area contributed by atoms with E-state index in [1.807, 2.05) is 0 Å². The summed E-state index contributed by atoms with van der Waals surface area (Å²) >= 11 is 0. The van der Waals surface area contributed by atoms with Crippen molar-refractivity contribution in [2.45, 2.75) is 25.8 Å². The van der Waals surface area contributed by atoms with Crippen LogP contribution in [0.25, 0.3) is 0 Å². The number of nitrogens with one attached hydrogen (secondary N) is 1. The summed E-state index contributed by atoms with van der Waals surface area (Å²) in [6.45, 7) is 3.09. The second kappa shape index (κ2) is 3.75. The van der Waals surface area contributed by atoms with Crippen molar-refractivity contribution in [3.05, 3.63) is 29.3 Å². The Bertz CT molecular complexity index is 405. The molecule has 3 unspecified atom stereocenters. The summed E-state index contributed by atoms with van der Waals surface area (Å²) in [4.78, 5) is 0. The molecule has 16 heavy (non-hydrogen) atoms. The Kier molecular flexibility index (Phi) is 2.37. The van der Waals surface area contributed by atoms with Gasteiger partial charge in [-0.1, -0.05) is 25.1 Å². The molecule has 3 heteroatoms. The second-order valence-corrected chi connectivity index (χ2v) is 4.96. The van der Waals surface area contributed by atoms with Crippen molar-refractivity contribution in [3.8, 4) is 5.75 Å². The first kappa shape index (κ1) is 10.1. The van der Waals surface area contributed by atoms with Gasteiger partial charge in [0, 0.05) is 12.0 Å². The molecule has 1 aromatic carbocycles. The van der Waals surface area contributed by atoms with Crippen molar-refractivity contribution in [2.75, 3.05) is 6.61 Å². The van der Waals surface area contributed by atoms with Crippen LogP contribution in [0.1, 0.15) is 30.5 Å². The zero-order valence-electron chi connectivity index (χ0n) is 9.57. The van der Waals surface area contributed by atoms with Crippen LogP contribution in [0.15, 0.2) is 18.2 Å². The van der Waals surface area contributed by atoms with Gasteiger partial charge in [-0.25, -0.2) is 0 Å². The van der Waals surface area contributed by atoms with Crippen LogP contribution < -0.4 is 16.0 Å². The van der Waals surface area contributed by atoms with E-state index in [-0.39, 0.29) is 6.04 Å². The number of fused-ring (bicyclic) bond motifs is 1. The van der Waals surface area contributed by atoms with Crippen LogP contribution in [0.4, 0.5) is 0 Å². The fourth-order valence-corrected chi connectivity index (χ4v) is 2.74. The summed E-state index contributed by atoms with van der Waals surface area (Å²) in [6.07, 6.45) is 2.29. The van der Waals surface area contributed by atoms with E-state index >= 15 is 0 Å². The molecule has 3 nitrogen and oxygen atoms in total. The molecule has 1 aromatic rings. The van der Waals surface area contributed by atoms with Crippen molar-refractivity contribution in [2.24, 2.45) is 17.7 Å². The minimum Gasteiger partial charge on any atom is -0.493 e. The predicted molar refractivity (Wildman–Crippen MR) is 63.0 cm³/mol. The molecular weight excluding hydrogens is 200 g/mol. The minimum absolute atomic E-state index is 0.253. The maximum atomic E-state index is 5.73. The number of para-hydroxylation sites is 1. The Morgan fingerprint density at radius 1 is 1.50 bits per heavy atom. The van der Waals surface area contributed by atoms with Gasteiger partial charge in [0.05, 0.1) is 12.6 Å². The first-order chi connectivity index (χ1) is 7.81. The summed E-state index contributed by atoms with van der Waals surface area (Å²) in [5.74, 6) is 8.21. The fraction of sp³-hybridized carbons (Fsp3) is 0.538. The molecule has 1 aliphatic heterocycles. The molecule has 3 rings (SSSR count). The van der Waals surface area contributed by atoms with E-state index in [1.54, 1.807) is 0 Å². The Labute approximate surface area is 95.9 Å². The zero-order valence-corrected chi connectivity index (χ0v) is 9.57. The van der Waals surface area contributed by atoms with Crippen molar-refractivity contribution in [3.63, 3.8) is 0 Å². The van der Waals surface area contributed by atoms with Crippen molar-refractivity contribution >= 4 is 0 Å². The molecule has 2 aliphatic rings. The number of hydrogen-bond donors (Lipinski definition) is 2. The van der Waals surface area contributed by atoms with Crippen molar-refractivity contribution < 1.29 is 4.74 Å². The maximum Gasteiger partial charge on any atom is 0.127 e. The van der Waals surface area contributed by atoms with E-state index in [0.717, 1.165) is 24.7 Å². The van der Waals surface area contributed by atoms with Crippen LogP contribution in [-0.4, -0.2) is 6.61 Å². The third kappa shape index (κ3) is 1.51. The molecule has 0 spiro atoms. The lowest BCUT2D eigenvalue weighted by molar-refractivity contribution is 0.344. The Hall–Kier alpha value is -1.06. The molecule has 1 heterocycles. The number of ether oxygens (including phenoxy) is 1. The van der Waals surface area contributed by atoms with Gasteiger partial charge in [0.1, 0.15) is 5.75 Å². The summed E-state index contributed by atoms with van der Waals surface area (Å²) in [5.41, 5.74) is 5.53. The molecule has 3 N–H and O–H groups in total. The molecule has 0 amide bonds. The van der Waals surface area contributed by atoms with Crippen LogP contribution in [0.2, 0.25) is 0 Å². The molecule has 1 fully saturated rings. The lowest BCUT2D eigenvalue weighted by Gasteiger charge is -2.18. The van der Waals surface area contributed by atoms with Crippen LogP contribution in [0.3, 0.4) is 0 Å². The highest BCUT2D eigenvalue weighted by Gasteiger charge is 2.41. The van der Waals surface area contributed by atoms with Gasteiger partial charge in [-0.3, -0.25) is 11.3 Å². The van der Waals surface area contributed by atoms with Gasteiger partial charge in [0.25, 0.3) is 0 Å². The topological polar surface area (TPSA) is 47.3 Å². The third-order valence-electron chi connectivity index (χ3n) is 3.86.